The zero-order chi connectivity index (χ0) is 19.6. The number of piperidine rings is 1. The minimum absolute atomic E-state index is 0.197. The summed E-state index contributed by atoms with van der Waals surface area (Å²) in [5.74, 6) is 2.36. The maximum atomic E-state index is 13.3. The number of ether oxygens (including phenoxy) is 2. The highest BCUT2D eigenvalue weighted by Crippen LogP contribution is 2.36. The molecule has 28 heavy (non-hydrogen) atoms. The molecule has 0 aliphatic carbocycles. The van der Waals surface area contributed by atoms with Crippen LogP contribution in [-0.4, -0.2) is 37.1 Å². The second-order valence-corrected chi connectivity index (χ2v) is 8.41. The second-order valence-electron chi connectivity index (χ2n) is 8.41. The van der Waals surface area contributed by atoms with Crippen molar-refractivity contribution in [2.45, 2.75) is 38.5 Å². The van der Waals surface area contributed by atoms with E-state index in [4.69, 9.17) is 9.47 Å². The monoisotopic (exact) mass is 379 g/mol. The van der Waals surface area contributed by atoms with Crippen molar-refractivity contribution in [2.75, 3.05) is 26.3 Å². The lowest BCUT2D eigenvalue weighted by Gasteiger charge is -2.37. The van der Waals surface area contributed by atoms with E-state index in [1.165, 1.54) is 5.56 Å². The molecule has 0 saturated carbocycles. The Morgan fingerprint density at radius 2 is 1.68 bits per heavy atom. The van der Waals surface area contributed by atoms with Gasteiger partial charge in [-0.15, -0.1) is 0 Å². The average Bonchev–Trinajstić information content (AvgIpc) is 2.74. The molecule has 4 heteroatoms. The molecule has 4 nitrogen and oxygen atoms in total. The first-order valence-corrected chi connectivity index (χ1v) is 10.3. The van der Waals surface area contributed by atoms with Gasteiger partial charge in [0.15, 0.2) is 11.5 Å². The van der Waals surface area contributed by atoms with Gasteiger partial charge < -0.3 is 14.4 Å². The normalized spacial score (nSPS) is 17.4. The first-order valence-electron chi connectivity index (χ1n) is 10.3. The lowest BCUT2D eigenvalue weighted by atomic mass is 9.81. The van der Waals surface area contributed by atoms with Crippen molar-refractivity contribution >= 4 is 5.91 Å². The largest absolute Gasteiger partial charge is 0.486 e. The van der Waals surface area contributed by atoms with Crippen molar-refractivity contribution in [3.63, 3.8) is 0 Å². The fourth-order valence-electron chi connectivity index (χ4n) is 4.24. The summed E-state index contributed by atoms with van der Waals surface area (Å²) in [4.78, 5) is 15.3. The lowest BCUT2D eigenvalue weighted by Crippen LogP contribution is -2.47. The summed E-state index contributed by atoms with van der Waals surface area (Å²) in [5, 5.41) is 0. The van der Waals surface area contributed by atoms with E-state index in [2.05, 4.69) is 30.3 Å². The molecule has 1 fully saturated rings. The molecule has 4 rings (SSSR count). The van der Waals surface area contributed by atoms with Crippen LogP contribution in [0, 0.1) is 5.92 Å². The summed E-state index contributed by atoms with van der Waals surface area (Å²) in [7, 11) is 0. The predicted octanol–water partition coefficient (Wildman–Crippen LogP) is 4.22. The van der Waals surface area contributed by atoms with Crippen LogP contribution in [0.2, 0.25) is 0 Å². The Morgan fingerprint density at radius 3 is 2.39 bits per heavy atom. The molecule has 0 spiro atoms. The molecule has 148 valence electrons. The minimum Gasteiger partial charge on any atom is -0.486 e. The first-order chi connectivity index (χ1) is 13.5. The van der Waals surface area contributed by atoms with Crippen molar-refractivity contribution < 1.29 is 14.3 Å². The van der Waals surface area contributed by atoms with Crippen LogP contribution in [0.5, 0.6) is 11.5 Å². The van der Waals surface area contributed by atoms with Gasteiger partial charge in [0.25, 0.3) is 0 Å². The van der Waals surface area contributed by atoms with Crippen LogP contribution < -0.4 is 9.47 Å². The van der Waals surface area contributed by atoms with Crippen molar-refractivity contribution in [3.8, 4) is 11.5 Å². The van der Waals surface area contributed by atoms with E-state index in [0.29, 0.717) is 19.1 Å². The molecular formula is C24H29NO3. The van der Waals surface area contributed by atoms with Crippen molar-refractivity contribution in [2.24, 2.45) is 5.92 Å². The van der Waals surface area contributed by atoms with E-state index in [-0.39, 0.29) is 5.91 Å². The van der Waals surface area contributed by atoms with E-state index in [1.54, 1.807) is 0 Å². The number of hydrogen-bond donors (Lipinski definition) is 0. The Labute approximate surface area is 167 Å². The number of rotatable bonds is 4. The van der Waals surface area contributed by atoms with Gasteiger partial charge in [-0.2, -0.15) is 0 Å². The van der Waals surface area contributed by atoms with Gasteiger partial charge in [-0.05, 0) is 62.3 Å². The Bertz CT molecular complexity index is 823. The summed E-state index contributed by atoms with van der Waals surface area (Å²) in [6, 6.07) is 16.5. The quantitative estimate of drug-likeness (QED) is 0.798. The van der Waals surface area contributed by atoms with Gasteiger partial charge in [-0.25, -0.2) is 0 Å². The molecule has 0 aromatic heterocycles. The van der Waals surface area contributed by atoms with Crippen molar-refractivity contribution in [1.82, 2.24) is 4.90 Å². The second kappa shape index (κ2) is 7.86. The van der Waals surface area contributed by atoms with Crippen LogP contribution in [0.3, 0.4) is 0 Å². The van der Waals surface area contributed by atoms with Gasteiger partial charge in [-0.3, -0.25) is 4.79 Å². The molecule has 0 radical (unpaired) electrons. The van der Waals surface area contributed by atoms with Gasteiger partial charge >= 0.3 is 0 Å². The number of amides is 1. The molecule has 1 amide bonds. The van der Waals surface area contributed by atoms with E-state index in [1.807, 2.05) is 36.9 Å². The van der Waals surface area contributed by atoms with Crippen molar-refractivity contribution in [3.05, 3.63) is 59.7 Å². The number of likely N-dealkylation sites (tertiary alicyclic amines) is 1. The fourth-order valence-corrected chi connectivity index (χ4v) is 4.24. The van der Waals surface area contributed by atoms with Crippen LogP contribution in [0.15, 0.2) is 48.5 Å². The minimum atomic E-state index is -0.581. The molecule has 2 heterocycles. The smallest absolute Gasteiger partial charge is 0.232 e. The first kappa shape index (κ1) is 18.9. The van der Waals surface area contributed by atoms with E-state index in [0.717, 1.165) is 49.4 Å². The third-order valence-electron chi connectivity index (χ3n) is 6.07. The summed E-state index contributed by atoms with van der Waals surface area (Å²) in [5.41, 5.74) is 1.79. The van der Waals surface area contributed by atoms with Crippen LogP contribution in [0.1, 0.15) is 37.8 Å². The molecule has 2 aliphatic rings. The molecule has 0 N–H and O–H groups in total. The number of benzene rings is 2. The fraction of sp³-hybridized carbons (Fsp3) is 0.458. The van der Waals surface area contributed by atoms with Crippen LogP contribution in [0.25, 0.3) is 0 Å². The summed E-state index contributed by atoms with van der Waals surface area (Å²) >= 11 is 0. The molecule has 1 saturated heterocycles. The summed E-state index contributed by atoms with van der Waals surface area (Å²) < 4.78 is 11.3. The zero-order valence-corrected chi connectivity index (χ0v) is 16.8. The Morgan fingerprint density at radius 1 is 1.00 bits per heavy atom. The van der Waals surface area contributed by atoms with Crippen LogP contribution in [0.4, 0.5) is 0 Å². The molecule has 2 aromatic carbocycles. The van der Waals surface area contributed by atoms with Gasteiger partial charge in [0.05, 0.1) is 5.41 Å². The van der Waals surface area contributed by atoms with Crippen LogP contribution in [-0.2, 0) is 16.6 Å². The number of carbonyl (C=O) groups is 1. The van der Waals surface area contributed by atoms with E-state index in [9.17, 15) is 4.79 Å². The maximum absolute atomic E-state index is 13.3. The summed E-state index contributed by atoms with van der Waals surface area (Å²) in [6.07, 6.45) is 3.24. The standard InChI is InChI=1S/C24H29NO3/c1-24(2,20-8-9-21-22(17-20)28-15-14-27-21)23(26)25-12-10-19(11-13-25)16-18-6-4-3-5-7-18/h3-9,17,19H,10-16H2,1-2H3. The third kappa shape index (κ3) is 3.87. The lowest BCUT2D eigenvalue weighted by molar-refractivity contribution is -0.137. The molecule has 0 unspecified atom stereocenters. The highest BCUT2D eigenvalue weighted by Gasteiger charge is 2.36. The molecule has 0 bridgehead atoms. The SMILES string of the molecule is CC(C)(C(=O)N1CCC(Cc2ccccc2)CC1)c1ccc2c(c1)OCCO2. The highest BCUT2D eigenvalue weighted by molar-refractivity contribution is 5.87. The average molecular weight is 380 g/mol. The van der Waals surface area contributed by atoms with Crippen LogP contribution >= 0.6 is 0 Å². The highest BCUT2D eigenvalue weighted by atomic mass is 16.6. The van der Waals surface area contributed by atoms with Gasteiger partial charge in [0.1, 0.15) is 13.2 Å². The van der Waals surface area contributed by atoms with Gasteiger partial charge in [0, 0.05) is 13.1 Å². The van der Waals surface area contributed by atoms with E-state index >= 15 is 0 Å². The Balaban J connectivity index is 1.40. The molecule has 0 atom stereocenters. The van der Waals surface area contributed by atoms with Gasteiger partial charge in [0.2, 0.25) is 5.91 Å². The summed E-state index contributed by atoms with van der Waals surface area (Å²) in [6.45, 7) is 6.83. The maximum Gasteiger partial charge on any atom is 0.232 e. The molecule has 2 aliphatic heterocycles. The zero-order valence-electron chi connectivity index (χ0n) is 16.8. The number of nitrogens with zero attached hydrogens (tertiary/aromatic N) is 1. The Kier molecular flexibility index (Phi) is 5.29. The van der Waals surface area contributed by atoms with Gasteiger partial charge in [-0.1, -0.05) is 36.4 Å². The topological polar surface area (TPSA) is 38.8 Å². The predicted molar refractivity (Wildman–Crippen MR) is 110 cm³/mol. The Hall–Kier alpha value is -2.49. The number of fused-ring (bicyclic) bond motifs is 1. The molecule has 2 aromatic rings. The molecular weight excluding hydrogens is 350 g/mol. The third-order valence-corrected chi connectivity index (χ3v) is 6.07. The van der Waals surface area contributed by atoms with E-state index < -0.39 is 5.41 Å². The number of hydrogen-bond acceptors (Lipinski definition) is 3. The number of carbonyl (C=O) groups excluding carboxylic acids is 1. The van der Waals surface area contributed by atoms with Crippen molar-refractivity contribution in [1.29, 1.82) is 0 Å².